The maximum atomic E-state index is 12.1. The molecule has 2 atom stereocenters. The van der Waals surface area contributed by atoms with Gasteiger partial charge in [-0.3, -0.25) is 4.79 Å². The van der Waals surface area contributed by atoms with Crippen molar-refractivity contribution in [1.29, 1.82) is 0 Å². The Hall–Kier alpha value is -0.610. The molecule has 0 heterocycles. The summed E-state index contributed by atoms with van der Waals surface area (Å²) in [7, 11) is 0. The number of carbonyl (C=O) groups is 1. The van der Waals surface area contributed by atoms with E-state index in [1.54, 1.807) is 0 Å². The number of likely N-dealkylation sites (N-methyl/N-ethyl adjacent to an activating group) is 1. The third-order valence-electron chi connectivity index (χ3n) is 3.29. The Bertz CT molecular complexity index is 239. The quantitative estimate of drug-likeness (QED) is 0.724. The van der Waals surface area contributed by atoms with Gasteiger partial charge in [0.05, 0.1) is 12.7 Å². The minimum atomic E-state index is -0.525. The first-order chi connectivity index (χ1) is 8.18. The Kier molecular flexibility index (Phi) is 5.92. The maximum absolute atomic E-state index is 12.1. The van der Waals surface area contributed by atoms with E-state index in [1.165, 1.54) is 0 Å². The number of hydrogen-bond donors (Lipinski definition) is 1. The summed E-state index contributed by atoms with van der Waals surface area (Å²) in [6.45, 7) is 7.78. The van der Waals surface area contributed by atoms with Crippen molar-refractivity contribution >= 4 is 5.97 Å². The fraction of sp³-hybridized carbons (Fsp3) is 0.923. The summed E-state index contributed by atoms with van der Waals surface area (Å²) < 4.78 is 10.9. The lowest BCUT2D eigenvalue weighted by Crippen LogP contribution is -2.56. The van der Waals surface area contributed by atoms with Gasteiger partial charge in [0.1, 0.15) is 5.54 Å². The van der Waals surface area contributed by atoms with Gasteiger partial charge in [-0.25, -0.2) is 0 Å². The summed E-state index contributed by atoms with van der Waals surface area (Å²) in [5.41, 5.74) is -0.525. The van der Waals surface area contributed by atoms with Gasteiger partial charge in [0.2, 0.25) is 0 Å². The number of rotatable bonds is 6. The van der Waals surface area contributed by atoms with E-state index in [1.807, 2.05) is 20.8 Å². The normalized spacial score (nSPS) is 29.0. The number of esters is 1. The molecular formula is C13H25NO3. The summed E-state index contributed by atoms with van der Waals surface area (Å²) >= 11 is 0. The third kappa shape index (κ3) is 3.68. The molecule has 17 heavy (non-hydrogen) atoms. The topological polar surface area (TPSA) is 47.6 Å². The van der Waals surface area contributed by atoms with Gasteiger partial charge in [-0.2, -0.15) is 0 Å². The van der Waals surface area contributed by atoms with E-state index in [-0.39, 0.29) is 12.1 Å². The zero-order chi connectivity index (χ0) is 12.7. The molecule has 0 spiro atoms. The molecule has 1 aliphatic rings. The third-order valence-corrected chi connectivity index (χ3v) is 3.29. The van der Waals surface area contributed by atoms with Crippen LogP contribution in [-0.4, -0.2) is 37.4 Å². The molecule has 4 heteroatoms. The molecule has 0 aromatic rings. The van der Waals surface area contributed by atoms with E-state index in [9.17, 15) is 4.79 Å². The van der Waals surface area contributed by atoms with E-state index < -0.39 is 5.54 Å². The van der Waals surface area contributed by atoms with Crippen molar-refractivity contribution in [3.05, 3.63) is 0 Å². The first-order valence-corrected chi connectivity index (χ1v) is 6.72. The van der Waals surface area contributed by atoms with Crippen LogP contribution in [0.25, 0.3) is 0 Å². The molecular weight excluding hydrogens is 218 g/mol. The Morgan fingerprint density at radius 3 is 2.71 bits per heavy atom. The van der Waals surface area contributed by atoms with Gasteiger partial charge in [0, 0.05) is 13.0 Å². The smallest absolute Gasteiger partial charge is 0.326 e. The highest BCUT2D eigenvalue weighted by atomic mass is 16.5. The van der Waals surface area contributed by atoms with Crippen molar-refractivity contribution in [2.75, 3.05) is 19.8 Å². The largest absolute Gasteiger partial charge is 0.465 e. The Balaban J connectivity index is 2.71. The van der Waals surface area contributed by atoms with E-state index in [0.717, 1.165) is 32.2 Å². The molecule has 100 valence electrons. The second-order valence-corrected chi connectivity index (χ2v) is 4.51. The molecule has 0 aromatic carbocycles. The Morgan fingerprint density at radius 1 is 1.35 bits per heavy atom. The molecule has 1 aliphatic carbocycles. The second-order valence-electron chi connectivity index (χ2n) is 4.51. The molecule has 0 aromatic heterocycles. The zero-order valence-corrected chi connectivity index (χ0v) is 11.3. The van der Waals surface area contributed by atoms with Crippen LogP contribution in [0.5, 0.6) is 0 Å². The summed E-state index contributed by atoms with van der Waals surface area (Å²) in [6.07, 6.45) is 3.81. The summed E-state index contributed by atoms with van der Waals surface area (Å²) in [6, 6.07) is 0. The zero-order valence-electron chi connectivity index (χ0n) is 11.3. The lowest BCUT2D eigenvalue weighted by atomic mass is 9.80. The second kappa shape index (κ2) is 6.97. The maximum Gasteiger partial charge on any atom is 0.326 e. The lowest BCUT2D eigenvalue weighted by Gasteiger charge is -2.39. The van der Waals surface area contributed by atoms with Crippen LogP contribution in [0.1, 0.15) is 46.5 Å². The minimum absolute atomic E-state index is 0.119. The van der Waals surface area contributed by atoms with Crippen LogP contribution in [-0.2, 0) is 14.3 Å². The molecule has 0 amide bonds. The molecule has 0 radical (unpaired) electrons. The van der Waals surface area contributed by atoms with Gasteiger partial charge in [-0.1, -0.05) is 6.92 Å². The molecule has 0 saturated heterocycles. The van der Waals surface area contributed by atoms with Gasteiger partial charge in [-0.15, -0.1) is 0 Å². The highest BCUT2D eigenvalue weighted by Gasteiger charge is 2.43. The van der Waals surface area contributed by atoms with Crippen molar-refractivity contribution in [2.45, 2.75) is 58.1 Å². The van der Waals surface area contributed by atoms with Crippen LogP contribution in [0.3, 0.4) is 0 Å². The molecule has 1 fully saturated rings. The number of nitrogens with one attached hydrogen (secondary N) is 1. The van der Waals surface area contributed by atoms with E-state index in [4.69, 9.17) is 9.47 Å². The highest BCUT2D eigenvalue weighted by molar-refractivity contribution is 5.81. The lowest BCUT2D eigenvalue weighted by molar-refractivity contribution is -0.155. The molecule has 1 rings (SSSR count). The van der Waals surface area contributed by atoms with Crippen LogP contribution in [0.4, 0.5) is 0 Å². The average molecular weight is 243 g/mol. The van der Waals surface area contributed by atoms with Crippen molar-refractivity contribution in [2.24, 2.45) is 0 Å². The predicted octanol–water partition coefficient (Wildman–Crippen LogP) is 1.88. The van der Waals surface area contributed by atoms with Gasteiger partial charge in [-0.05, 0) is 39.7 Å². The van der Waals surface area contributed by atoms with Gasteiger partial charge in [0.25, 0.3) is 0 Å². The van der Waals surface area contributed by atoms with Gasteiger partial charge >= 0.3 is 5.97 Å². The highest BCUT2D eigenvalue weighted by Crippen LogP contribution is 2.31. The summed E-state index contributed by atoms with van der Waals surface area (Å²) in [5, 5.41) is 3.32. The van der Waals surface area contributed by atoms with Crippen LogP contribution < -0.4 is 5.32 Å². The number of carbonyl (C=O) groups excluding carboxylic acids is 1. The van der Waals surface area contributed by atoms with Crippen LogP contribution in [0, 0.1) is 0 Å². The Labute approximate surface area is 104 Å². The minimum Gasteiger partial charge on any atom is -0.465 e. The van der Waals surface area contributed by atoms with Crippen molar-refractivity contribution in [3.63, 3.8) is 0 Å². The monoisotopic (exact) mass is 243 g/mol. The number of ether oxygens (including phenoxy) is 2. The van der Waals surface area contributed by atoms with Crippen LogP contribution in [0.2, 0.25) is 0 Å². The first-order valence-electron chi connectivity index (χ1n) is 6.72. The molecule has 4 nitrogen and oxygen atoms in total. The predicted molar refractivity (Wildman–Crippen MR) is 66.9 cm³/mol. The number of hydrogen-bond acceptors (Lipinski definition) is 4. The molecule has 1 N–H and O–H groups in total. The average Bonchev–Trinajstić information content (AvgIpc) is 2.30. The standard InChI is InChI=1S/C13H25NO3/c1-4-14-13(12(15)17-6-3)9-7-8-11(10-13)16-5-2/h11,14H,4-10H2,1-3H3. The van der Waals surface area contributed by atoms with E-state index >= 15 is 0 Å². The first kappa shape index (κ1) is 14.5. The molecule has 0 aliphatic heterocycles. The van der Waals surface area contributed by atoms with Crippen LogP contribution >= 0.6 is 0 Å². The van der Waals surface area contributed by atoms with Crippen molar-refractivity contribution < 1.29 is 14.3 Å². The van der Waals surface area contributed by atoms with E-state index in [0.29, 0.717) is 13.2 Å². The van der Waals surface area contributed by atoms with Crippen molar-refractivity contribution in [1.82, 2.24) is 5.32 Å². The molecule has 0 bridgehead atoms. The van der Waals surface area contributed by atoms with Crippen LogP contribution in [0.15, 0.2) is 0 Å². The van der Waals surface area contributed by atoms with Gasteiger partial charge < -0.3 is 14.8 Å². The summed E-state index contributed by atoms with van der Waals surface area (Å²) in [5.74, 6) is -0.119. The summed E-state index contributed by atoms with van der Waals surface area (Å²) in [4.78, 5) is 12.1. The molecule has 2 unspecified atom stereocenters. The fourth-order valence-corrected chi connectivity index (χ4v) is 2.63. The van der Waals surface area contributed by atoms with Crippen molar-refractivity contribution in [3.8, 4) is 0 Å². The van der Waals surface area contributed by atoms with E-state index in [2.05, 4.69) is 5.32 Å². The Morgan fingerprint density at radius 2 is 2.12 bits per heavy atom. The SMILES string of the molecule is CCNC1(C(=O)OCC)CCCC(OCC)C1. The van der Waals surface area contributed by atoms with Gasteiger partial charge in [0.15, 0.2) is 0 Å². The fourth-order valence-electron chi connectivity index (χ4n) is 2.63. The molecule has 1 saturated carbocycles.